The Hall–Kier alpha value is -2.32. The van der Waals surface area contributed by atoms with Crippen LogP contribution in [0.2, 0.25) is 0 Å². The minimum atomic E-state index is -0.0461. The SMILES string of the molecule is CC(C)CC(NC(=O)CSc1nnc(-c2cccs2)n1N)c1ccccc1. The summed E-state index contributed by atoms with van der Waals surface area (Å²) >= 11 is 2.83. The third kappa shape index (κ3) is 5.11. The summed E-state index contributed by atoms with van der Waals surface area (Å²) in [5.41, 5.74) is 1.12. The largest absolute Gasteiger partial charge is 0.349 e. The number of nitrogen functional groups attached to an aromatic ring is 1. The molecule has 3 rings (SSSR count). The molecule has 0 aliphatic carbocycles. The highest BCUT2D eigenvalue weighted by molar-refractivity contribution is 7.99. The summed E-state index contributed by atoms with van der Waals surface area (Å²) in [6.07, 6.45) is 0.885. The van der Waals surface area contributed by atoms with Gasteiger partial charge in [-0.1, -0.05) is 62.0 Å². The predicted molar refractivity (Wildman–Crippen MR) is 111 cm³/mol. The number of amides is 1. The first-order valence-corrected chi connectivity index (χ1v) is 10.6. The van der Waals surface area contributed by atoms with E-state index in [0.29, 0.717) is 16.9 Å². The highest BCUT2D eigenvalue weighted by atomic mass is 32.2. The first-order valence-electron chi connectivity index (χ1n) is 8.76. The van der Waals surface area contributed by atoms with Gasteiger partial charge in [0.15, 0.2) is 5.82 Å². The summed E-state index contributed by atoms with van der Waals surface area (Å²) in [5, 5.41) is 13.9. The van der Waals surface area contributed by atoms with Gasteiger partial charge in [-0.2, -0.15) is 0 Å². The van der Waals surface area contributed by atoms with Gasteiger partial charge in [-0.05, 0) is 29.3 Å². The summed E-state index contributed by atoms with van der Waals surface area (Å²) in [6.45, 7) is 4.31. The van der Waals surface area contributed by atoms with Crippen molar-refractivity contribution in [2.45, 2.75) is 31.5 Å². The van der Waals surface area contributed by atoms with E-state index >= 15 is 0 Å². The lowest BCUT2D eigenvalue weighted by Gasteiger charge is -2.21. The molecule has 0 fully saturated rings. The summed E-state index contributed by atoms with van der Waals surface area (Å²) in [5.74, 6) is 7.36. The highest BCUT2D eigenvalue weighted by Crippen LogP contribution is 2.25. The molecule has 0 saturated heterocycles. The Balaban J connectivity index is 1.61. The van der Waals surface area contributed by atoms with E-state index in [-0.39, 0.29) is 17.7 Å². The predicted octanol–water partition coefficient (Wildman–Crippen LogP) is 3.72. The van der Waals surface area contributed by atoms with E-state index in [1.165, 1.54) is 16.4 Å². The molecule has 0 spiro atoms. The molecule has 0 radical (unpaired) electrons. The minimum Gasteiger partial charge on any atom is -0.349 e. The zero-order valence-electron chi connectivity index (χ0n) is 15.3. The van der Waals surface area contributed by atoms with Crippen molar-refractivity contribution in [2.24, 2.45) is 5.92 Å². The molecule has 8 heteroatoms. The quantitative estimate of drug-likeness (QED) is 0.444. The van der Waals surface area contributed by atoms with E-state index in [9.17, 15) is 4.79 Å². The second kappa shape index (κ2) is 9.05. The van der Waals surface area contributed by atoms with Crippen LogP contribution in [0.4, 0.5) is 0 Å². The molecule has 1 atom stereocenters. The van der Waals surface area contributed by atoms with E-state index in [4.69, 9.17) is 5.84 Å². The second-order valence-electron chi connectivity index (χ2n) is 6.60. The number of aromatic nitrogens is 3. The van der Waals surface area contributed by atoms with Crippen LogP contribution in [0.1, 0.15) is 31.9 Å². The van der Waals surface area contributed by atoms with Gasteiger partial charge < -0.3 is 11.2 Å². The molecule has 1 unspecified atom stereocenters. The molecular formula is C19H23N5OS2. The topological polar surface area (TPSA) is 85.8 Å². The van der Waals surface area contributed by atoms with Crippen molar-refractivity contribution in [3.05, 3.63) is 53.4 Å². The van der Waals surface area contributed by atoms with Gasteiger partial charge in [-0.25, -0.2) is 4.68 Å². The lowest BCUT2D eigenvalue weighted by Crippen LogP contribution is -2.31. The van der Waals surface area contributed by atoms with Crippen LogP contribution in [-0.4, -0.2) is 26.5 Å². The van der Waals surface area contributed by atoms with E-state index < -0.39 is 0 Å². The number of rotatable bonds is 8. The maximum atomic E-state index is 12.5. The average molecular weight is 402 g/mol. The Labute approximate surface area is 167 Å². The van der Waals surface area contributed by atoms with Crippen molar-refractivity contribution in [3.63, 3.8) is 0 Å². The van der Waals surface area contributed by atoms with E-state index in [0.717, 1.165) is 16.9 Å². The first kappa shape index (κ1) is 19.4. The number of benzene rings is 1. The Bertz CT molecular complexity index is 862. The maximum Gasteiger partial charge on any atom is 0.230 e. The van der Waals surface area contributed by atoms with Crippen LogP contribution in [0, 0.1) is 5.92 Å². The van der Waals surface area contributed by atoms with Crippen LogP contribution in [0.25, 0.3) is 10.7 Å². The van der Waals surface area contributed by atoms with Crippen molar-refractivity contribution in [2.75, 3.05) is 11.6 Å². The number of carbonyl (C=O) groups is 1. The molecular weight excluding hydrogens is 378 g/mol. The fraction of sp³-hybridized carbons (Fsp3) is 0.316. The standard InChI is InChI=1S/C19H23N5OS2/c1-13(2)11-15(14-7-4-3-5-8-14)21-17(25)12-27-19-23-22-18(24(19)20)16-9-6-10-26-16/h3-10,13,15H,11-12,20H2,1-2H3,(H,21,25). The van der Waals surface area contributed by atoms with Gasteiger partial charge in [-0.15, -0.1) is 21.5 Å². The zero-order chi connectivity index (χ0) is 19.2. The molecule has 2 aromatic heterocycles. The maximum absolute atomic E-state index is 12.5. The molecule has 3 N–H and O–H groups in total. The van der Waals surface area contributed by atoms with Crippen LogP contribution in [0.3, 0.4) is 0 Å². The summed E-state index contributed by atoms with van der Waals surface area (Å²) in [4.78, 5) is 13.4. The summed E-state index contributed by atoms with van der Waals surface area (Å²) in [6, 6.07) is 13.9. The molecule has 0 aliphatic heterocycles. The third-order valence-electron chi connectivity index (χ3n) is 3.98. The molecule has 3 aromatic rings. The van der Waals surface area contributed by atoms with Crippen molar-refractivity contribution in [1.82, 2.24) is 20.2 Å². The molecule has 1 amide bonds. The average Bonchev–Trinajstić information content (AvgIpc) is 3.29. The second-order valence-corrected chi connectivity index (χ2v) is 8.49. The number of carbonyl (C=O) groups excluding carboxylic acids is 1. The van der Waals surface area contributed by atoms with Crippen molar-refractivity contribution < 1.29 is 4.79 Å². The third-order valence-corrected chi connectivity index (χ3v) is 5.79. The van der Waals surface area contributed by atoms with E-state index in [1.807, 2.05) is 47.8 Å². The van der Waals surface area contributed by atoms with Gasteiger partial charge in [0.05, 0.1) is 16.7 Å². The Morgan fingerprint density at radius 3 is 2.67 bits per heavy atom. The number of nitrogens with two attached hydrogens (primary N) is 1. The molecule has 1 aromatic carbocycles. The van der Waals surface area contributed by atoms with Gasteiger partial charge in [0.1, 0.15) is 0 Å². The monoisotopic (exact) mass is 401 g/mol. The number of thioether (sulfide) groups is 1. The zero-order valence-corrected chi connectivity index (χ0v) is 17.0. The number of nitrogens with zero attached hydrogens (tertiary/aromatic N) is 3. The Morgan fingerprint density at radius 1 is 1.22 bits per heavy atom. The van der Waals surface area contributed by atoms with Gasteiger partial charge >= 0.3 is 0 Å². The van der Waals surface area contributed by atoms with E-state index in [1.54, 1.807) is 11.3 Å². The molecule has 0 bridgehead atoms. The molecule has 0 saturated carbocycles. The number of hydrogen-bond donors (Lipinski definition) is 2. The fourth-order valence-electron chi connectivity index (χ4n) is 2.75. The molecule has 27 heavy (non-hydrogen) atoms. The molecule has 2 heterocycles. The van der Waals surface area contributed by atoms with E-state index in [2.05, 4.69) is 29.4 Å². The molecule has 6 nitrogen and oxygen atoms in total. The smallest absolute Gasteiger partial charge is 0.230 e. The minimum absolute atomic E-state index is 0.00303. The molecule has 0 aliphatic rings. The van der Waals surface area contributed by atoms with Gasteiger partial charge in [-0.3, -0.25) is 4.79 Å². The lowest BCUT2D eigenvalue weighted by molar-refractivity contribution is -0.119. The number of hydrogen-bond acceptors (Lipinski definition) is 6. The van der Waals surface area contributed by atoms with Crippen LogP contribution in [0.5, 0.6) is 0 Å². The van der Waals surface area contributed by atoms with Gasteiger partial charge in [0, 0.05) is 0 Å². The van der Waals surface area contributed by atoms with Crippen molar-refractivity contribution in [3.8, 4) is 10.7 Å². The number of thiophene rings is 1. The van der Waals surface area contributed by atoms with Gasteiger partial charge in [0.25, 0.3) is 0 Å². The highest BCUT2D eigenvalue weighted by Gasteiger charge is 2.18. The lowest BCUT2D eigenvalue weighted by atomic mass is 9.97. The Kier molecular flexibility index (Phi) is 6.52. The van der Waals surface area contributed by atoms with Crippen LogP contribution in [-0.2, 0) is 4.79 Å². The fourth-order valence-corrected chi connectivity index (χ4v) is 4.12. The summed E-state index contributed by atoms with van der Waals surface area (Å²) < 4.78 is 1.44. The first-order chi connectivity index (χ1) is 13.0. The Morgan fingerprint density at radius 2 is 2.00 bits per heavy atom. The number of nitrogens with one attached hydrogen (secondary N) is 1. The van der Waals surface area contributed by atoms with Crippen LogP contribution < -0.4 is 11.2 Å². The van der Waals surface area contributed by atoms with Crippen LogP contribution >= 0.6 is 23.1 Å². The molecule has 142 valence electrons. The normalized spacial score (nSPS) is 12.3. The van der Waals surface area contributed by atoms with Crippen LogP contribution in [0.15, 0.2) is 53.0 Å². The van der Waals surface area contributed by atoms with Gasteiger partial charge in [0.2, 0.25) is 11.1 Å². The van der Waals surface area contributed by atoms with Crippen molar-refractivity contribution >= 4 is 29.0 Å². The summed E-state index contributed by atoms with van der Waals surface area (Å²) in [7, 11) is 0. The van der Waals surface area contributed by atoms with Crippen molar-refractivity contribution in [1.29, 1.82) is 0 Å².